The molecular formula is C14H21BN2O3. The van der Waals surface area contributed by atoms with Crippen LogP contribution in [0.4, 0.5) is 5.69 Å². The highest BCUT2D eigenvalue weighted by molar-refractivity contribution is 6.52. The molecule has 0 saturated carbocycles. The van der Waals surface area contributed by atoms with E-state index in [9.17, 15) is 0 Å². The highest BCUT2D eigenvalue weighted by atomic mass is 16.7. The Balaban J connectivity index is 2.16. The second-order valence-electron chi connectivity index (χ2n) is 5.80. The molecule has 1 aromatic heterocycles. The van der Waals surface area contributed by atoms with E-state index in [1.165, 1.54) is 0 Å². The van der Waals surface area contributed by atoms with Crippen molar-refractivity contribution in [2.75, 3.05) is 12.8 Å². The zero-order chi connectivity index (χ0) is 15.0. The molecule has 0 atom stereocenters. The number of anilines is 1. The number of nitrogen functional groups attached to an aromatic ring is 1. The smallest absolute Gasteiger partial charge is 0.487 e. The van der Waals surface area contributed by atoms with Crippen LogP contribution >= 0.6 is 0 Å². The normalized spacial score (nSPS) is 20.6. The van der Waals surface area contributed by atoms with E-state index in [-0.39, 0.29) is 11.2 Å². The average molecular weight is 276 g/mol. The van der Waals surface area contributed by atoms with Crippen LogP contribution in [0.2, 0.25) is 0 Å². The fourth-order valence-electron chi connectivity index (χ4n) is 1.92. The van der Waals surface area contributed by atoms with Gasteiger partial charge in [-0.2, -0.15) is 0 Å². The van der Waals surface area contributed by atoms with Gasteiger partial charge in [0.15, 0.2) is 0 Å². The number of hydrogen-bond donors (Lipinski definition) is 1. The van der Waals surface area contributed by atoms with Crippen molar-refractivity contribution in [3.05, 3.63) is 23.9 Å². The zero-order valence-corrected chi connectivity index (χ0v) is 12.6. The molecule has 1 aromatic rings. The average Bonchev–Trinajstić information content (AvgIpc) is 2.56. The molecule has 0 amide bonds. The van der Waals surface area contributed by atoms with Crippen LogP contribution in [0.1, 0.15) is 33.4 Å². The van der Waals surface area contributed by atoms with Crippen LogP contribution < -0.4 is 10.5 Å². The quantitative estimate of drug-likeness (QED) is 0.858. The summed E-state index contributed by atoms with van der Waals surface area (Å²) in [6.45, 7) is 8.05. The first kappa shape index (κ1) is 14.9. The van der Waals surface area contributed by atoms with Crippen LogP contribution in [0.15, 0.2) is 18.2 Å². The van der Waals surface area contributed by atoms with Crippen LogP contribution in [0, 0.1) is 0 Å². The minimum absolute atomic E-state index is 0.352. The van der Waals surface area contributed by atoms with Gasteiger partial charge in [0.2, 0.25) is 0 Å². The summed E-state index contributed by atoms with van der Waals surface area (Å²) in [6, 6.07) is 1.72. The van der Waals surface area contributed by atoms with Crippen LogP contribution in [0.5, 0.6) is 5.75 Å². The Labute approximate surface area is 120 Å². The SMILES string of the molecule is COc1ccnc(/C=C/B2OC(C)(C)C(C)(C)O2)c1N. The second-order valence-corrected chi connectivity index (χ2v) is 5.80. The lowest BCUT2D eigenvalue weighted by Gasteiger charge is -2.32. The minimum Gasteiger partial charge on any atom is -0.494 e. The van der Waals surface area contributed by atoms with E-state index in [2.05, 4.69) is 4.98 Å². The number of methoxy groups -OCH3 is 1. The summed E-state index contributed by atoms with van der Waals surface area (Å²) in [4.78, 5) is 4.22. The van der Waals surface area contributed by atoms with Gasteiger partial charge in [-0.25, -0.2) is 0 Å². The van der Waals surface area contributed by atoms with Crippen molar-refractivity contribution in [2.24, 2.45) is 0 Å². The van der Waals surface area contributed by atoms with Gasteiger partial charge < -0.3 is 19.8 Å². The molecule has 2 rings (SSSR count). The summed E-state index contributed by atoms with van der Waals surface area (Å²) in [5.74, 6) is 2.42. The molecule has 0 aliphatic carbocycles. The zero-order valence-electron chi connectivity index (χ0n) is 12.6. The maximum atomic E-state index is 5.96. The Morgan fingerprint density at radius 1 is 1.25 bits per heavy atom. The molecule has 0 unspecified atom stereocenters. The largest absolute Gasteiger partial charge is 0.494 e. The van der Waals surface area contributed by atoms with Gasteiger partial charge in [-0.15, -0.1) is 0 Å². The van der Waals surface area contributed by atoms with Crippen LogP contribution in [0.3, 0.4) is 0 Å². The molecule has 2 heterocycles. The molecule has 0 bridgehead atoms. The van der Waals surface area contributed by atoms with E-state index in [1.807, 2.05) is 33.7 Å². The van der Waals surface area contributed by atoms with Gasteiger partial charge in [0.25, 0.3) is 0 Å². The molecule has 2 N–H and O–H groups in total. The van der Waals surface area contributed by atoms with Gasteiger partial charge in [-0.05, 0) is 33.8 Å². The van der Waals surface area contributed by atoms with Gasteiger partial charge in [0.1, 0.15) is 11.4 Å². The van der Waals surface area contributed by atoms with Gasteiger partial charge in [0.05, 0.1) is 24.0 Å². The molecule has 108 valence electrons. The van der Waals surface area contributed by atoms with Crippen molar-refractivity contribution in [3.8, 4) is 5.75 Å². The molecule has 1 aliphatic rings. The number of rotatable bonds is 3. The van der Waals surface area contributed by atoms with Crippen molar-refractivity contribution < 1.29 is 14.0 Å². The van der Waals surface area contributed by atoms with Crippen molar-refractivity contribution >= 4 is 18.9 Å². The van der Waals surface area contributed by atoms with E-state index in [0.717, 1.165) is 0 Å². The molecule has 0 radical (unpaired) electrons. The number of ether oxygens (including phenoxy) is 1. The maximum absolute atomic E-state index is 5.96. The third-order valence-corrected chi connectivity index (χ3v) is 3.88. The first-order valence-electron chi connectivity index (χ1n) is 6.59. The summed E-state index contributed by atoms with van der Waals surface area (Å²) in [7, 11) is 1.17. The summed E-state index contributed by atoms with van der Waals surface area (Å²) in [6.07, 6.45) is 3.44. The van der Waals surface area contributed by atoms with E-state index < -0.39 is 7.12 Å². The molecule has 0 spiro atoms. The molecule has 20 heavy (non-hydrogen) atoms. The lowest BCUT2D eigenvalue weighted by atomic mass is 9.89. The van der Waals surface area contributed by atoms with Crippen molar-refractivity contribution in [1.29, 1.82) is 0 Å². The van der Waals surface area contributed by atoms with E-state index in [1.54, 1.807) is 25.4 Å². The lowest BCUT2D eigenvalue weighted by molar-refractivity contribution is 0.00578. The van der Waals surface area contributed by atoms with E-state index in [4.69, 9.17) is 19.8 Å². The molecule has 1 saturated heterocycles. The van der Waals surface area contributed by atoms with Gasteiger partial charge >= 0.3 is 7.12 Å². The summed E-state index contributed by atoms with van der Waals surface area (Å²) in [5.41, 5.74) is 6.40. The fraction of sp³-hybridized carbons (Fsp3) is 0.500. The van der Waals surface area contributed by atoms with E-state index in [0.29, 0.717) is 17.1 Å². The summed E-state index contributed by atoms with van der Waals surface area (Å²) >= 11 is 0. The standard InChI is InChI=1S/C14H21BN2O3/c1-13(2)14(3,4)20-15(19-13)8-6-10-12(16)11(18-5)7-9-17-10/h6-9H,16H2,1-5H3/b8-6+. The number of hydrogen-bond acceptors (Lipinski definition) is 5. The fourth-order valence-corrected chi connectivity index (χ4v) is 1.92. The van der Waals surface area contributed by atoms with Crippen LogP contribution in [-0.2, 0) is 9.31 Å². The molecule has 1 aliphatic heterocycles. The number of nitrogens with zero attached hydrogens (tertiary/aromatic N) is 1. The highest BCUT2D eigenvalue weighted by Gasteiger charge is 2.50. The molecule has 6 heteroatoms. The first-order valence-corrected chi connectivity index (χ1v) is 6.59. The monoisotopic (exact) mass is 276 g/mol. The van der Waals surface area contributed by atoms with Crippen molar-refractivity contribution in [2.45, 2.75) is 38.9 Å². The van der Waals surface area contributed by atoms with Gasteiger partial charge in [-0.1, -0.05) is 5.98 Å². The molecular weight excluding hydrogens is 255 g/mol. The topological polar surface area (TPSA) is 66.6 Å². The third kappa shape index (κ3) is 2.67. The Hall–Kier alpha value is -1.53. The molecule has 1 fully saturated rings. The third-order valence-electron chi connectivity index (χ3n) is 3.88. The molecule has 0 aromatic carbocycles. The maximum Gasteiger partial charge on any atom is 0.487 e. The Bertz CT molecular complexity index is 513. The first-order chi connectivity index (χ1) is 9.27. The number of pyridine rings is 1. The minimum atomic E-state index is -0.410. The summed E-state index contributed by atoms with van der Waals surface area (Å²) in [5, 5.41) is 0. The van der Waals surface area contributed by atoms with Gasteiger partial charge in [-0.3, -0.25) is 4.98 Å². The van der Waals surface area contributed by atoms with Gasteiger partial charge in [0, 0.05) is 12.3 Å². The Kier molecular flexibility index (Phi) is 3.80. The second kappa shape index (κ2) is 5.11. The predicted octanol–water partition coefficient (Wildman–Crippen LogP) is 2.32. The highest BCUT2D eigenvalue weighted by Crippen LogP contribution is 2.37. The number of aromatic nitrogens is 1. The van der Waals surface area contributed by atoms with E-state index >= 15 is 0 Å². The molecule has 5 nitrogen and oxygen atoms in total. The number of nitrogens with two attached hydrogens (primary N) is 1. The Morgan fingerprint density at radius 3 is 2.40 bits per heavy atom. The van der Waals surface area contributed by atoms with Crippen LogP contribution in [0.25, 0.3) is 6.08 Å². The predicted molar refractivity (Wildman–Crippen MR) is 80.3 cm³/mol. The lowest BCUT2D eigenvalue weighted by Crippen LogP contribution is -2.41. The van der Waals surface area contributed by atoms with Crippen LogP contribution in [-0.4, -0.2) is 30.4 Å². The Morgan fingerprint density at radius 2 is 1.85 bits per heavy atom. The summed E-state index contributed by atoms with van der Waals surface area (Å²) < 4.78 is 16.9. The van der Waals surface area contributed by atoms with Crippen molar-refractivity contribution in [1.82, 2.24) is 4.98 Å². The van der Waals surface area contributed by atoms with Crippen molar-refractivity contribution in [3.63, 3.8) is 0 Å².